The molecule has 2 aromatic heterocycles. The Morgan fingerprint density at radius 1 is 1.21 bits per heavy atom. The number of aromatic nitrogens is 1. The van der Waals surface area contributed by atoms with Crippen LogP contribution in [0.1, 0.15) is 21.9 Å². The number of carbonyl (C=O) groups is 1. The SMILES string of the molecule is Cc1ccc(NC(=O)c2ccc(Cn3ccccc3=O)o2)c(Br)c1. The Hall–Kier alpha value is -2.60. The maximum absolute atomic E-state index is 12.3. The lowest BCUT2D eigenvalue weighted by Gasteiger charge is -2.06. The highest BCUT2D eigenvalue weighted by Crippen LogP contribution is 2.24. The predicted molar refractivity (Wildman–Crippen MR) is 95.3 cm³/mol. The number of pyridine rings is 1. The second-order valence-corrected chi connectivity index (χ2v) is 6.22. The lowest BCUT2D eigenvalue weighted by molar-refractivity contribution is 0.0994. The van der Waals surface area contributed by atoms with Crippen LogP contribution in [-0.2, 0) is 6.54 Å². The van der Waals surface area contributed by atoms with Gasteiger partial charge >= 0.3 is 0 Å². The van der Waals surface area contributed by atoms with Gasteiger partial charge in [0.15, 0.2) is 5.76 Å². The highest BCUT2D eigenvalue weighted by atomic mass is 79.9. The maximum atomic E-state index is 12.3. The van der Waals surface area contributed by atoms with Crippen LogP contribution in [0.5, 0.6) is 0 Å². The van der Waals surface area contributed by atoms with Crippen molar-refractivity contribution in [1.29, 1.82) is 0 Å². The molecule has 5 nitrogen and oxygen atoms in total. The Morgan fingerprint density at radius 3 is 2.79 bits per heavy atom. The van der Waals surface area contributed by atoms with Crippen molar-refractivity contribution in [2.24, 2.45) is 0 Å². The number of benzene rings is 1. The molecule has 0 aliphatic heterocycles. The van der Waals surface area contributed by atoms with Crippen molar-refractivity contribution in [3.63, 3.8) is 0 Å². The molecule has 24 heavy (non-hydrogen) atoms. The van der Waals surface area contributed by atoms with Crippen molar-refractivity contribution in [1.82, 2.24) is 4.57 Å². The Morgan fingerprint density at radius 2 is 2.04 bits per heavy atom. The van der Waals surface area contributed by atoms with Crippen molar-refractivity contribution in [2.45, 2.75) is 13.5 Å². The smallest absolute Gasteiger partial charge is 0.291 e. The fourth-order valence-corrected chi connectivity index (χ4v) is 2.84. The number of nitrogens with zero attached hydrogens (tertiary/aromatic N) is 1. The van der Waals surface area contributed by atoms with Crippen LogP contribution < -0.4 is 10.9 Å². The second kappa shape index (κ2) is 6.88. The average Bonchev–Trinajstić information content (AvgIpc) is 3.01. The third-order valence-corrected chi connectivity index (χ3v) is 4.14. The molecule has 6 heteroatoms. The van der Waals surface area contributed by atoms with Crippen LogP contribution in [0.2, 0.25) is 0 Å². The standard InChI is InChI=1S/C18H15BrN2O3/c1-12-5-7-15(14(19)10-12)20-18(23)16-8-6-13(24-16)11-21-9-3-2-4-17(21)22/h2-10H,11H2,1H3,(H,20,23). The Balaban J connectivity index is 1.74. The van der Waals surface area contributed by atoms with E-state index in [9.17, 15) is 9.59 Å². The second-order valence-electron chi connectivity index (χ2n) is 5.37. The van der Waals surface area contributed by atoms with Crippen molar-refractivity contribution in [3.8, 4) is 0 Å². The van der Waals surface area contributed by atoms with Crippen LogP contribution in [0.3, 0.4) is 0 Å². The van der Waals surface area contributed by atoms with Crippen LogP contribution in [0.15, 0.2) is 68.4 Å². The van der Waals surface area contributed by atoms with E-state index in [1.807, 2.05) is 25.1 Å². The predicted octanol–water partition coefficient (Wildman–Crippen LogP) is 3.81. The van der Waals surface area contributed by atoms with Crippen LogP contribution in [0.25, 0.3) is 0 Å². The number of furan rings is 1. The van der Waals surface area contributed by atoms with Gasteiger partial charge < -0.3 is 14.3 Å². The summed E-state index contributed by atoms with van der Waals surface area (Å²) in [6.45, 7) is 2.25. The van der Waals surface area contributed by atoms with Gasteiger partial charge in [0.25, 0.3) is 11.5 Å². The first-order chi connectivity index (χ1) is 11.5. The number of rotatable bonds is 4. The summed E-state index contributed by atoms with van der Waals surface area (Å²) in [5.41, 5.74) is 1.64. The Kier molecular flexibility index (Phi) is 4.66. The molecule has 0 aliphatic carbocycles. The molecule has 0 spiro atoms. The molecule has 1 N–H and O–H groups in total. The van der Waals surface area contributed by atoms with Gasteiger partial charge in [-0.15, -0.1) is 0 Å². The van der Waals surface area contributed by atoms with Gasteiger partial charge in [-0.3, -0.25) is 9.59 Å². The lowest BCUT2D eigenvalue weighted by atomic mass is 10.2. The molecular formula is C18H15BrN2O3. The van der Waals surface area contributed by atoms with Crippen LogP contribution in [0.4, 0.5) is 5.69 Å². The van der Waals surface area contributed by atoms with Gasteiger partial charge in [0.2, 0.25) is 0 Å². The number of carbonyl (C=O) groups excluding carboxylic acids is 1. The van der Waals surface area contributed by atoms with Crippen molar-refractivity contribution < 1.29 is 9.21 Å². The molecule has 0 fully saturated rings. The molecule has 0 radical (unpaired) electrons. The van der Waals surface area contributed by atoms with Gasteiger partial charge in [0.05, 0.1) is 12.2 Å². The number of halogens is 1. The molecule has 3 rings (SSSR count). The summed E-state index contributed by atoms with van der Waals surface area (Å²) in [6, 6.07) is 13.9. The van der Waals surface area contributed by atoms with E-state index < -0.39 is 0 Å². The number of amides is 1. The Labute approximate surface area is 147 Å². The minimum absolute atomic E-state index is 0.122. The van der Waals surface area contributed by atoms with E-state index in [4.69, 9.17) is 4.42 Å². The zero-order valence-corrected chi connectivity index (χ0v) is 14.5. The van der Waals surface area contributed by atoms with Crippen LogP contribution in [-0.4, -0.2) is 10.5 Å². The number of nitrogens with one attached hydrogen (secondary N) is 1. The summed E-state index contributed by atoms with van der Waals surface area (Å²) >= 11 is 3.42. The topological polar surface area (TPSA) is 64.2 Å². The van der Waals surface area contributed by atoms with E-state index >= 15 is 0 Å². The number of anilines is 1. The number of hydrogen-bond acceptors (Lipinski definition) is 3. The molecule has 0 atom stereocenters. The quantitative estimate of drug-likeness (QED) is 0.741. The zero-order chi connectivity index (χ0) is 17.1. The minimum Gasteiger partial charge on any atom is -0.454 e. The van der Waals surface area contributed by atoms with Gasteiger partial charge in [0.1, 0.15) is 5.76 Å². The van der Waals surface area contributed by atoms with Gasteiger partial charge in [-0.05, 0) is 58.7 Å². The molecular weight excluding hydrogens is 372 g/mol. The normalized spacial score (nSPS) is 10.6. The number of hydrogen-bond donors (Lipinski definition) is 1. The van der Waals surface area contributed by atoms with Gasteiger partial charge in [-0.25, -0.2) is 0 Å². The third kappa shape index (κ3) is 3.65. The molecule has 1 aromatic carbocycles. The van der Waals surface area contributed by atoms with E-state index in [2.05, 4.69) is 21.2 Å². The molecule has 0 bridgehead atoms. The minimum atomic E-state index is -0.341. The first-order valence-electron chi connectivity index (χ1n) is 7.34. The van der Waals surface area contributed by atoms with E-state index in [1.54, 1.807) is 30.5 Å². The highest BCUT2D eigenvalue weighted by Gasteiger charge is 2.13. The highest BCUT2D eigenvalue weighted by molar-refractivity contribution is 9.10. The van der Waals surface area contributed by atoms with Gasteiger partial charge in [-0.2, -0.15) is 0 Å². The van der Waals surface area contributed by atoms with Crippen molar-refractivity contribution >= 4 is 27.5 Å². The van der Waals surface area contributed by atoms with E-state index in [-0.39, 0.29) is 23.8 Å². The van der Waals surface area contributed by atoms with Gasteiger partial charge in [-0.1, -0.05) is 12.1 Å². The monoisotopic (exact) mass is 386 g/mol. The molecule has 0 unspecified atom stereocenters. The lowest BCUT2D eigenvalue weighted by Crippen LogP contribution is -2.18. The molecule has 3 aromatic rings. The third-order valence-electron chi connectivity index (χ3n) is 3.48. The summed E-state index contributed by atoms with van der Waals surface area (Å²) in [5, 5.41) is 2.79. The molecule has 1 amide bonds. The summed E-state index contributed by atoms with van der Waals surface area (Å²) in [7, 11) is 0. The summed E-state index contributed by atoms with van der Waals surface area (Å²) < 4.78 is 7.87. The van der Waals surface area contributed by atoms with E-state index in [1.165, 1.54) is 10.6 Å². The molecule has 0 saturated carbocycles. The summed E-state index contributed by atoms with van der Waals surface area (Å²) in [6.07, 6.45) is 1.67. The number of aryl methyl sites for hydroxylation is 1. The zero-order valence-electron chi connectivity index (χ0n) is 13.0. The largest absolute Gasteiger partial charge is 0.454 e. The first-order valence-corrected chi connectivity index (χ1v) is 8.14. The Bertz CT molecular complexity index is 943. The van der Waals surface area contributed by atoms with Crippen LogP contribution >= 0.6 is 15.9 Å². The molecule has 2 heterocycles. The molecule has 122 valence electrons. The van der Waals surface area contributed by atoms with Crippen LogP contribution in [0, 0.1) is 6.92 Å². The van der Waals surface area contributed by atoms with Gasteiger partial charge in [0, 0.05) is 16.7 Å². The molecule has 0 aliphatic rings. The van der Waals surface area contributed by atoms with E-state index in [0.29, 0.717) is 11.4 Å². The first kappa shape index (κ1) is 16.3. The van der Waals surface area contributed by atoms with E-state index in [0.717, 1.165) is 10.0 Å². The summed E-state index contributed by atoms with van der Waals surface area (Å²) in [5.74, 6) is 0.393. The molecule has 0 saturated heterocycles. The maximum Gasteiger partial charge on any atom is 0.291 e. The fourth-order valence-electron chi connectivity index (χ4n) is 2.25. The summed E-state index contributed by atoms with van der Waals surface area (Å²) in [4.78, 5) is 24.0. The fraction of sp³-hybridized carbons (Fsp3) is 0.111. The van der Waals surface area contributed by atoms with Crippen molar-refractivity contribution in [2.75, 3.05) is 5.32 Å². The average molecular weight is 387 g/mol. The van der Waals surface area contributed by atoms with Crippen molar-refractivity contribution in [3.05, 3.63) is 86.6 Å².